The summed E-state index contributed by atoms with van der Waals surface area (Å²) in [6, 6.07) is 0. The molecule has 0 bridgehead atoms. The Morgan fingerprint density at radius 3 is 2.83 bits per heavy atom. The van der Waals surface area contributed by atoms with Gasteiger partial charge in [-0.2, -0.15) is 0 Å². The third-order valence-electron chi connectivity index (χ3n) is 2.82. The largest absolute Gasteiger partial charge is 0.315 e. The normalized spacial score (nSPS) is 11.2. The fraction of sp³-hybridized carbons (Fsp3) is 0.692. The third kappa shape index (κ3) is 4.90. The van der Waals surface area contributed by atoms with Crippen LogP contribution in [0.1, 0.15) is 32.4 Å². The van der Waals surface area contributed by atoms with Crippen molar-refractivity contribution in [3.63, 3.8) is 0 Å². The van der Waals surface area contributed by atoms with Crippen LogP contribution >= 0.6 is 15.9 Å². The number of hydrogen-bond acceptors (Lipinski definition) is 3. The Kier molecular flexibility index (Phi) is 6.57. The molecular formula is C13H22BrN3O. The molecule has 0 aromatic carbocycles. The molecule has 0 aliphatic carbocycles. The van der Waals surface area contributed by atoms with Crippen LogP contribution in [0.2, 0.25) is 0 Å². The van der Waals surface area contributed by atoms with Gasteiger partial charge < -0.3 is 5.32 Å². The monoisotopic (exact) mass is 315 g/mol. The zero-order valence-corrected chi connectivity index (χ0v) is 13.0. The fourth-order valence-electron chi connectivity index (χ4n) is 1.67. The lowest BCUT2D eigenvalue weighted by Crippen LogP contribution is -2.28. The molecule has 1 N–H and O–H groups in total. The van der Waals surface area contributed by atoms with E-state index in [1.807, 2.05) is 6.92 Å². The van der Waals surface area contributed by atoms with Gasteiger partial charge >= 0.3 is 0 Å². The molecule has 0 unspecified atom stereocenters. The Labute approximate surface area is 117 Å². The van der Waals surface area contributed by atoms with Gasteiger partial charge in [0.1, 0.15) is 4.47 Å². The second-order valence-corrected chi connectivity index (χ2v) is 5.72. The molecule has 0 aliphatic rings. The quantitative estimate of drug-likeness (QED) is 0.786. The maximum Gasteiger partial charge on any atom is 0.267 e. The molecule has 0 fully saturated rings. The Hall–Kier alpha value is -0.680. The van der Waals surface area contributed by atoms with E-state index in [4.69, 9.17) is 0 Å². The summed E-state index contributed by atoms with van der Waals surface area (Å²) < 4.78 is 2.19. The summed E-state index contributed by atoms with van der Waals surface area (Å²) in [4.78, 5) is 16.0. The van der Waals surface area contributed by atoms with Crippen molar-refractivity contribution in [3.05, 3.63) is 26.8 Å². The van der Waals surface area contributed by atoms with Crippen LogP contribution < -0.4 is 10.9 Å². The Bertz CT molecular complexity index is 429. The fourth-order valence-corrected chi connectivity index (χ4v) is 2.00. The molecule has 1 aromatic heterocycles. The second-order valence-electron chi connectivity index (χ2n) is 4.93. The molecule has 0 atom stereocenters. The van der Waals surface area contributed by atoms with E-state index in [0.717, 1.165) is 24.7 Å². The number of rotatable bonds is 7. The lowest BCUT2D eigenvalue weighted by Gasteiger charge is -2.09. The highest BCUT2D eigenvalue weighted by Gasteiger charge is 2.04. The number of aryl methyl sites for hydroxylation is 1. The van der Waals surface area contributed by atoms with Gasteiger partial charge in [0.15, 0.2) is 0 Å². The lowest BCUT2D eigenvalue weighted by atomic mass is 10.1. The van der Waals surface area contributed by atoms with Crippen molar-refractivity contribution in [1.82, 2.24) is 14.9 Å². The summed E-state index contributed by atoms with van der Waals surface area (Å²) in [6.07, 6.45) is 4.03. The van der Waals surface area contributed by atoms with Crippen LogP contribution in [0, 0.1) is 12.8 Å². The minimum Gasteiger partial charge on any atom is -0.315 e. The molecule has 5 heteroatoms. The number of aromatic nitrogens is 2. The minimum atomic E-state index is -0.00789. The van der Waals surface area contributed by atoms with Crippen LogP contribution in [0.15, 0.2) is 15.6 Å². The second kappa shape index (κ2) is 7.69. The van der Waals surface area contributed by atoms with Gasteiger partial charge in [-0.3, -0.25) is 9.36 Å². The highest BCUT2D eigenvalue weighted by atomic mass is 79.9. The number of hydrogen-bond donors (Lipinski definition) is 1. The Balaban J connectivity index is 2.32. The van der Waals surface area contributed by atoms with Gasteiger partial charge in [-0.05, 0) is 48.2 Å². The van der Waals surface area contributed by atoms with Crippen molar-refractivity contribution >= 4 is 15.9 Å². The summed E-state index contributed by atoms with van der Waals surface area (Å²) >= 11 is 3.26. The van der Waals surface area contributed by atoms with Gasteiger partial charge in [-0.25, -0.2) is 4.98 Å². The van der Waals surface area contributed by atoms with E-state index in [9.17, 15) is 4.79 Å². The standard InChI is InChI=1S/C13H22BrN3O/c1-10(2)5-4-6-15-7-8-17-9-16-11(3)12(14)13(17)18/h9-10,15H,4-8H2,1-3H3. The molecule has 102 valence electrons. The summed E-state index contributed by atoms with van der Waals surface area (Å²) in [5.41, 5.74) is 0.729. The lowest BCUT2D eigenvalue weighted by molar-refractivity contribution is 0.510. The minimum absolute atomic E-state index is 0.00789. The van der Waals surface area contributed by atoms with Crippen molar-refractivity contribution in [2.45, 2.75) is 40.2 Å². The van der Waals surface area contributed by atoms with Gasteiger partial charge in [0.2, 0.25) is 0 Å². The molecule has 1 aromatic rings. The first-order chi connectivity index (χ1) is 8.52. The van der Waals surface area contributed by atoms with E-state index >= 15 is 0 Å². The van der Waals surface area contributed by atoms with Gasteiger partial charge in [-0.1, -0.05) is 13.8 Å². The van der Waals surface area contributed by atoms with E-state index in [1.54, 1.807) is 10.9 Å². The zero-order chi connectivity index (χ0) is 13.5. The average Bonchev–Trinajstić information content (AvgIpc) is 2.33. The highest BCUT2D eigenvalue weighted by Crippen LogP contribution is 2.05. The zero-order valence-electron chi connectivity index (χ0n) is 11.4. The van der Waals surface area contributed by atoms with E-state index in [-0.39, 0.29) is 5.56 Å². The van der Waals surface area contributed by atoms with Crippen molar-refractivity contribution in [2.75, 3.05) is 13.1 Å². The average molecular weight is 316 g/mol. The van der Waals surface area contributed by atoms with Crippen LogP contribution in [0.3, 0.4) is 0 Å². The molecule has 0 saturated carbocycles. The summed E-state index contributed by atoms with van der Waals surface area (Å²) in [6.45, 7) is 8.75. The van der Waals surface area contributed by atoms with Gasteiger partial charge in [0.25, 0.3) is 5.56 Å². The SMILES string of the molecule is Cc1ncn(CCNCCCC(C)C)c(=O)c1Br. The highest BCUT2D eigenvalue weighted by molar-refractivity contribution is 9.10. The molecule has 0 amide bonds. The first kappa shape index (κ1) is 15.4. The van der Waals surface area contributed by atoms with Crippen LogP contribution in [0.25, 0.3) is 0 Å². The molecule has 0 aliphatic heterocycles. The van der Waals surface area contributed by atoms with Crippen molar-refractivity contribution in [3.8, 4) is 0 Å². The van der Waals surface area contributed by atoms with Crippen molar-refractivity contribution in [1.29, 1.82) is 0 Å². The first-order valence-corrected chi connectivity index (χ1v) is 7.24. The molecule has 18 heavy (non-hydrogen) atoms. The summed E-state index contributed by atoms with van der Waals surface area (Å²) in [5, 5.41) is 3.35. The molecule has 0 spiro atoms. The van der Waals surface area contributed by atoms with E-state index in [1.165, 1.54) is 12.8 Å². The van der Waals surface area contributed by atoms with Crippen LogP contribution in [-0.4, -0.2) is 22.6 Å². The Morgan fingerprint density at radius 1 is 1.44 bits per heavy atom. The predicted octanol–water partition coefficient (Wildman–Crippen LogP) is 2.34. The smallest absolute Gasteiger partial charge is 0.267 e. The van der Waals surface area contributed by atoms with Gasteiger partial charge in [-0.15, -0.1) is 0 Å². The topological polar surface area (TPSA) is 46.9 Å². The van der Waals surface area contributed by atoms with Crippen LogP contribution in [0.5, 0.6) is 0 Å². The van der Waals surface area contributed by atoms with E-state index in [0.29, 0.717) is 11.0 Å². The van der Waals surface area contributed by atoms with Crippen LogP contribution in [0.4, 0.5) is 0 Å². The summed E-state index contributed by atoms with van der Waals surface area (Å²) in [5.74, 6) is 0.756. The number of nitrogens with zero attached hydrogens (tertiary/aromatic N) is 2. The van der Waals surface area contributed by atoms with E-state index in [2.05, 4.69) is 40.1 Å². The maximum absolute atomic E-state index is 11.8. The molecule has 1 rings (SSSR count). The third-order valence-corrected chi connectivity index (χ3v) is 3.73. The van der Waals surface area contributed by atoms with Gasteiger partial charge in [0, 0.05) is 13.1 Å². The maximum atomic E-state index is 11.8. The Morgan fingerprint density at radius 2 is 2.17 bits per heavy atom. The van der Waals surface area contributed by atoms with E-state index < -0.39 is 0 Å². The molecular weight excluding hydrogens is 294 g/mol. The van der Waals surface area contributed by atoms with Crippen molar-refractivity contribution in [2.24, 2.45) is 5.92 Å². The first-order valence-electron chi connectivity index (χ1n) is 6.44. The molecule has 1 heterocycles. The predicted molar refractivity (Wildman–Crippen MR) is 77.9 cm³/mol. The van der Waals surface area contributed by atoms with Crippen molar-refractivity contribution < 1.29 is 0 Å². The summed E-state index contributed by atoms with van der Waals surface area (Å²) in [7, 11) is 0. The number of halogens is 1. The molecule has 4 nitrogen and oxygen atoms in total. The molecule has 0 saturated heterocycles. The van der Waals surface area contributed by atoms with Gasteiger partial charge in [0.05, 0.1) is 12.0 Å². The number of nitrogens with one attached hydrogen (secondary N) is 1. The van der Waals surface area contributed by atoms with Crippen LogP contribution in [-0.2, 0) is 6.54 Å². The molecule has 0 radical (unpaired) electrons.